The molecule has 0 bridgehead atoms. The molecule has 1 amide bonds. The van der Waals surface area contributed by atoms with Gasteiger partial charge in [-0.1, -0.05) is 13.3 Å². The fourth-order valence-electron chi connectivity index (χ4n) is 2.52. The van der Waals surface area contributed by atoms with Gasteiger partial charge in [0.2, 0.25) is 15.9 Å². The normalized spacial score (nSPS) is 17.4. The maximum absolute atomic E-state index is 12.2. The number of rotatable bonds is 8. The van der Waals surface area contributed by atoms with Gasteiger partial charge in [0.1, 0.15) is 0 Å². The first-order chi connectivity index (χ1) is 10.3. The Bertz CT molecular complexity index is 483. The number of sulfonamides is 1. The zero-order chi connectivity index (χ0) is 16.8. The molecule has 7 nitrogen and oxygen atoms in total. The van der Waals surface area contributed by atoms with Crippen molar-refractivity contribution in [3.8, 4) is 0 Å². The fourth-order valence-corrected chi connectivity index (χ4v) is 4.20. The smallest absolute Gasteiger partial charge is 0.305 e. The van der Waals surface area contributed by atoms with Crippen LogP contribution in [0.15, 0.2) is 0 Å². The van der Waals surface area contributed by atoms with E-state index >= 15 is 0 Å². The number of carbonyl (C=O) groups excluding carboxylic acids is 1. The molecule has 1 N–H and O–H groups in total. The van der Waals surface area contributed by atoms with Crippen LogP contribution in [0, 0.1) is 5.92 Å². The maximum atomic E-state index is 12.2. The van der Waals surface area contributed by atoms with Crippen LogP contribution in [0.4, 0.5) is 0 Å². The van der Waals surface area contributed by atoms with Crippen molar-refractivity contribution < 1.29 is 23.1 Å². The summed E-state index contributed by atoms with van der Waals surface area (Å²) in [6.07, 6.45) is 2.41. The molecule has 0 aromatic heterocycles. The van der Waals surface area contributed by atoms with Crippen LogP contribution in [0.25, 0.3) is 0 Å². The average Bonchev–Trinajstić information content (AvgIpc) is 2.50. The van der Waals surface area contributed by atoms with Gasteiger partial charge in [0.15, 0.2) is 0 Å². The predicted octanol–water partition coefficient (Wildman–Crippen LogP) is 0.761. The molecule has 1 saturated heterocycles. The highest BCUT2D eigenvalue weighted by atomic mass is 32.2. The van der Waals surface area contributed by atoms with Crippen LogP contribution < -0.4 is 0 Å². The van der Waals surface area contributed by atoms with E-state index in [1.165, 1.54) is 9.21 Å². The Hall–Kier alpha value is -1.15. The highest BCUT2D eigenvalue weighted by Crippen LogP contribution is 2.22. The van der Waals surface area contributed by atoms with E-state index in [9.17, 15) is 18.0 Å². The van der Waals surface area contributed by atoms with Gasteiger partial charge in [-0.05, 0) is 19.3 Å². The molecule has 1 fully saturated rings. The first kappa shape index (κ1) is 18.9. The monoisotopic (exact) mass is 334 g/mol. The minimum atomic E-state index is -3.21. The van der Waals surface area contributed by atoms with Crippen molar-refractivity contribution in [2.75, 3.05) is 32.4 Å². The van der Waals surface area contributed by atoms with Crippen LogP contribution >= 0.6 is 0 Å². The molecule has 8 heteroatoms. The first-order valence-electron chi connectivity index (χ1n) is 7.72. The lowest BCUT2D eigenvalue weighted by Crippen LogP contribution is -2.44. The number of carboxylic acid groups (broad SMARTS) is 1. The summed E-state index contributed by atoms with van der Waals surface area (Å²) in [6.45, 7) is 2.88. The minimum Gasteiger partial charge on any atom is -0.481 e. The zero-order valence-corrected chi connectivity index (χ0v) is 14.1. The minimum absolute atomic E-state index is 0.0769. The molecule has 0 aromatic carbocycles. The summed E-state index contributed by atoms with van der Waals surface area (Å²) in [5.41, 5.74) is 0. The van der Waals surface area contributed by atoms with Gasteiger partial charge in [-0.25, -0.2) is 12.7 Å². The number of unbranched alkanes of at least 4 members (excludes halogenated alkanes) is 1. The molecule has 1 aliphatic heterocycles. The van der Waals surface area contributed by atoms with Crippen molar-refractivity contribution in [2.24, 2.45) is 5.92 Å². The Morgan fingerprint density at radius 2 is 1.86 bits per heavy atom. The van der Waals surface area contributed by atoms with E-state index < -0.39 is 16.0 Å². The van der Waals surface area contributed by atoms with Crippen LogP contribution in [0.1, 0.15) is 39.0 Å². The van der Waals surface area contributed by atoms with Crippen LogP contribution in [-0.2, 0) is 19.6 Å². The van der Waals surface area contributed by atoms with E-state index in [4.69, 9.17) is 5.11 Å². The number of nitrogens with zero attached hydrogens (tertiary/aromatic N) is 2. The van der Waals surface area contributed by atoms with Gasteiger partial charge in [0, 0.05) is 32.6 Å². The summed E-state index contributed by atoms with van der Waals surface area (Å²) in [5, 5.41) is 8.64. The topological polar surface area (TPSA) is 95.0 Å². The Morgan fingerprint density at radius 1 is 1.27 bits per heavy atom. The number of hydrogen-bond donors (Lipinski definition) is 1. The summed E-state index contributed by atoms with van der Waals surface area (Å²) >= 11 is 0. The van der Waals surface area contributed by atoms with Crippen molar-refractivity contribution in [1.29, 1.82) is 0 Å². The van der Waals surface area contributed by atoms with E-state index in [2.05, 4.69) is 0 Å². The third-order valence-electron chi connectivity index (χ3n) is 3.99. The van der Waals surface area contributed by atoms with Gasteiger partial charge in [0.25, 0.3) is 0 Å². The molecule has 1 aliphatic rings. The Kier molecular flexibility index (Phi) is 7.28. The summed E-state index contributed by atoms with van der Waals surface area (Å²) in [7, 11) is -1.61. The van der Waals surface area contributed by atoms with Gasteiger partial charge in [0.05, 0.1) is 12.2 Å². The summed E-state index contributed by atoms with van der Waals surface area (Å²) in [4.78, 5) is 24.2. The highest BCUT2D eigenvalue weighted by Gasteiger charge is 2.31. The number of amides is 1. The summed E-state index contributed by atoms with van der Waals surface area (Å²) < 4.78 is 25.7. The Labute approximate surface area is 132 Å². The molecule has 0 unspecified atom stereocenters. The maximum Gasteiger partial charge on any atom is 0.305 e. The standard InChI is InChI=1S/C14H26N2O5S/c1-3-4-11-22(20,21)16-9-5-12(6-10-16)14(19)15(2)8-7-13(17)18/h12H,3-11H2,1-2H3,(H,17,18). The van der Waals surface area contributed by atoms with Crippen LogP contribution in [0.2, 0.25) is 0 Å². The van der Waals surface area contributed by atoms with Crippen LogP contribution in [0.5, 0.6) is 0 Å². The van der Waals surface area contributed by atoms with E-state index in [0.29, 0.717) is 32.4 Å². The molecule has 0 radical (unpaired) electrons. The van der Waals surface area contributed by atoms with E-state index in [1.54, 1.807) is 7.05 Å². The van der Waals surface area contributed by atoms with Crippen molar-refractivity contribution in [3.05, 3.63) is 0 Å². The summed E-state index contributed by atoms with van der Waals surface area (Å²) in [6, 6.07) is 0. The molecule has 0 saturated carbocycles. The SMILES string of the molecule is CCCCS(=O)(=O)N1CCC(C(=O)N(C)CCC(=O)O)CC1. The Morgan fingerprint density at radius 3 is 2.36 bits per heavy atom. The zero-order valence-electron chi connectivity index (χ0n) is 13.3. The predicted molar refractivity (Wildman–Crippen MR) is 82.9 cm³/mol. The average molecular weight is 334 g/mol. The number of carbonyl (C=O) groups is 2. The van der Waals surface area contributed by atoms with Crippen LogP contribution in [0.3, 0.4) is 0 Å². The quantitative estimate of drug-likeness (QED) is 0.707. The van der Waals surface area contributed by atoms with Crippen molar-refractivity contribution in [3.63, 3.8) is 0 Å². The van der Waals surface area contributed by atoms with Gasteiger partial charge < -0.3 is 10.0 Å². The number of hydrogen-bond acceptors (Lipinski definition) is 4. The van der Waals surface area contributed by atoms with Gasteiger partial charge in [-0.2, -0.15) is 0 Å². The second kappa shape index (κ2) is 8.47. The fraction of sp³-hybridized carbons (Fsp3) is 0.857. The first-order valence-corrected chi connectivity index (χ1v) is 9.33. The number of aliphatic carboxylic acids is 1. The third-order valence-corrected chi connectivity index (χ3v) is 5.95. The van der Waals surface area contributed by atoms with Gasteiger partial charge in [-0.3, -0.25) is 9.59 Å². The number of carboxylic acids is 1. The molecular weight excluding hydrogens is 308 g/mol. The molecular formula is C14H26N2O5S. The van der Waals surface area contributed by atoms with Crippen molar-refractivity contribution in [2.45, 2.75) is 39.0 Å². The van der Waals surface area contributed by atoms with Gasteiger partial charge in [-0.15, -0.1) is 0 Å². The lowest BCUT2D eigenvalue weighted by Gasteiger charge is -2.32. The number of piperidine rings is 1. The van der Waals surface area contributed by atoms with Crippen molar-refractivity contribution >= 4 is 21.9 Å². The lowest BCUT2D eigenvalue weighted by molar-refractivity contribution is -0.139. The lowest BCUT2D eigenvalue weighted by atomic mass is 9.96. The molecule has 22 heavy (non-hydrogen) atoms. The van der Waals surface area contributed by atoms with Crippen molar-refractivity contribution in [1.82, 2.24) is 9.21 Å². The van der Waals surface area contributed by atoms with Gasteiger partial charge >= 0.3 is 5.97 Å². The second-order valence-electron chi connectivity index (χ2n) is 5.75. The second-order valence-corrected chi connectivity index (χ2v) is 7.83. The van der Waals surface area contributed by atoms with E-state index in [0.717, 1.165) is 6.42 Å². The Balaban J connectivity index is 2.47. The molecule has 1 heterocycles. The molecule has 128 valence electrons. The molecule has 1 rings (SSSR count). The molecule has 0 spiro atoms. The summed E-state index contributed by atoms with van der Waals surface area (Å²) in [5.74, 6) is -1.07. The largest absolute Gasteiger partial charge is 0.481 e. The highest BCUT2D eigenvalue weighted by molar-refractivity contribution is 7.89. The third kappa shape index (κ3) is 5.57. The molecule has 0 atom stereocenters. The molecule has 0 aromatic rings. The van der Waals surface area contributed by atoms with E-state index in [-0.39, 0.29) is 30.5 Å². The molecule has 0 aliphatic carbocycles. The van der Waals surface area contributed by atoms with E-state index in [1.807, 2.05) is 6.92 Å². The van der Waals surface area contributed by atoms with Crippen LogP contribution in [-0.4, -0.2) is 67.0 Å².